The number of carboxylic acid groups (broad SMARTS) is 1. The summed E-state index contributed by atoms with van der Waals surface area (Å²) in [6.45, 7) is 8.97. The molecule has 7 nitrogen and oxygen atoms in total. The van der Waals surface area contributed by atoms with Gasteiger partial charge in [-0.1, -0.05) is 0 Å². The van der Waals surface area contributed by atoms with Gasteiger partial charge in [-0.2, -0.15) is 0 Å². The number of nitrogens with zero attached hydrogens (tertiary/aromatic N) is 1. The Hall–Kier alpha value is -1.34. The molecule has 116 valence electrons. The number of hydrogen-bond acceptors (Lipinski definition) is 4. The fourth-order valence-corrected chi connectivity index (χ4v) is 2.07. The summed E-state index contributed by atoms with van der Waals surface area (Å²) in [6.07, 6.45) is 0. The first-order valence-electron chi connectivity index (χ1n) is 6.70. The fraction of sp³-hybridized carbons (Fsp3) is 0.846. The van der Waals surface area contributed by atoms with Crippen LogP contribution in [0.15, 0.2) is 0 Å². The van der Waals surface area contributed by atoms with Gasteiger partial charge in [-0.3, -0.25) is 0 Å². The van der Waals surface area contributed by atoms with Gasteiger partial charge in [0.2, 0.25) is 0 Å². The molecular formula is C13H24N2O5. The van der Waals surface area contributed by atoms with Crippen LogP contribution in [0.3, 0.4) is 0 Å². The van der Waals surface area contributed by atoms with Gasteiger partial charge in [0, 0.05) is 13.2 Å². The molecule has 1 aliphatic rings. The third-order valence-electron chi connectivity index (χ3n) is 3.08. The number of rotatable bonds is 7. The first kappa shape index (κ1) is 16.7. The van der Waals surface area contributed by atoms with E-state index in [1.165, 1.54) is 0 Å². The monoisotopic (exact) mass is 288 g/mol. The van der Waals surface area contributed by atoms with E-state index in [0.717, 1.165) is 0 Å². The zero-order valence-electron chi connectivity index (χ0n) is 12.6. The summed E-state index contributed by atoms with van der Waals surface area (Å²) < 4.78 is 10.7. The van der Waals surface area contributed by atoms with Crippen LogP contribution in [-0.4, -0.2) is 66.1 Å². The van der Waals surface area contributed by atoms with E-state index in [2.05, 4.69) is 5.32 Å². The lowest BCUT2D eigenvalue weighted by Gasteiger charge is -2.47. The molecule has 0 aliphatic carbocycles. The van der Waals surface area contributed by atoms with E-state index in [9.17, 15) is 9.59 Å². The molecule has 1 aliphatic heterocycles. The van der Waals surface area contributed by atoms with Crippen molar-refractivity contribution in [2.45, 2.75) is 38.9 Å². The van der Waals surface area contributed by atoms with Gasteiger partial charge < -0.3 is 24.8 Å². The number of aliphatic carboxylic acids is 1. The van der Waals surface area contributed by atoms with Gasteiger partial charge in [-0.25, -0.2) is 9.59 Å². The molecule has 0 aromatic carbocycles. The van der Waals surface area contributed by atoms with Crippen LogP contribution in [0.1, 0.15) is 27.7 Å². The number of carbonyl (C=O) groups is 2. The highest BCUT2D eigenvalue weighted by Gasteiger charge is 2.43. The molecule has 0 saturated carbocycles. The van der Waals surface area contributed by atoms with Gasteiger partial charge >= 0.3 is 12.0 Å². The Balaban J connectivity index is 2.29. The summed E-state index contributed by atoms with van der Waals surface area (Å²) in [5.74, 6) is -1.01. The fourth-order valence-electron chi connectivity index (χ4n) is 2.07. The number of ether oxygens (including phenoxy) is 2. The Morgan fingerprint density at radius 3 is 2.50 bits per heavy atom. The van der Waals surface area contributed by atoms with Crippen LogP contribution in [0, 0.1) is 0 Å². The van der Waals surface area contributed by atoms with Crippen LogP contribution in [0.5, 0.6) is 0 Å². The molecule has 20 heavy (non-hydrogen) atoms. The van der Waals surface area contributed by atoms with Gasteiger partial charge in [0.1, 0.15) is 12.2 Å². The Morgan fingerprint density at radius 1 is 1.40 bits per heavy atom. The number of amides is 2. The number of carboxylic acids is 1. The molecule has 0 spiro atoms. The van der Waals surface area contributed by atoms with Crippen molar-refractivity contribution >= 4 is 12.0 Å². The molecule has 0 radical (unpaired) electrons. The SMILES string of the molecule is CCOC(C)(C)CNC(=O)N1CC(C)(OCC(=O)O)C1. The highest BCUT2D eigenvalue weighted by molar-refractivity contribution is 5.75. The van der Waals surface area contributed by atoms with Crippen LogP contribution in [0.25, 0.3) is 0 Å². The summed E-state index contributed by atoms with van der Waals surface area (Å²) in [6, 6.07) is -0.186. The first-order valence-corrected chi connectivity index (χ1v) is 6.70. The number of likely N-dealkylation sites (tertiary alicyclic amines) is 1. The zero-order chi connectivity index (χ0) is 15.4. The van der Waals surface area contributed by atoms with Crippen LogP contribution in [0.2, 0.25) is 0 Å². The minimum Gasteiger partial charge on any atom is -0.480 e. The normalized spacial score (nSPS) is 17.5. The van der Waals surface area contributed by atoms with Gasteiger partial charge in [0.25, 0.3) is 0 Å². The average Bonchev–Trinajstić information content (AvgIpc) is 2.30. The summed E-state index contributed by atoms with van der Waals surface area (Å²) in [5.41, 5.74) is -0.969. The Labute approximate surface area is 119 Å². The van der Waals surface area contributed by atoms with E-state index in [1.807, 2.05) is 20.8 Å². The van der Waals surface area contributed by atoms with Crippen molar-refractivity contribution in [2.75, 3.05) is 32.8 Å². The second-order valence-electron chi connectivity index (χ2n) is 5.84. The smallest absolute Gasteiger partial charge is 0.329 e. The maximum absolute atomic E-state index is 11.9. The first-order chi connectivity index (χ1) is 9.17. The van der Waals surface area contributed by atoms with Gasteiger partial charge in [-0.15, -0.1) is 0 Å². The summed E-state index contributed by atoms with van der Waals surface area (Å²) in [4.78, 5) is 23.9. The predicted octanol–water partition coefficient (Wildman–Crippen LogP) is 0.687. The second kappa shape index (κ2) is 6.41. The Kier molecular flexibility index (Phi) is 5.35. The third kappa shape index (κ3) is 4.97. The van der Waals surface area contributed by atoms with Gasteiger partial charge in [0.15, 0.2) is 0 Å². The predicted molar refractivity (Wildman–Crippen MR) is 72.7 cm³/mol. The van der Waals surface area contributed by atoms with Crippen LogP contribution in [0.4, 0.5) is 4.79 Å². The summed E-state index contributed by atoms with van der Waals surface area (Å²) in [5, 5.41) is 11.4. The highest BCUT2D eigenvalue weighted by Crippen LogP contribution is 2.24. The summed E-state index contributed by atoms with van der Waals surface area (Å²) in [7, 11) is 0. The minimum atomic E-state index is -1.01. The topological polar surface area (TPSA) is 88.1 Å². The Bertz CT molecular complexity index is 364. The van der Waals surface area contributed by atoms with E-state index in [0.29, 0.717) is 26.2 Å². The van der Waals surface area contributed by atoms with E-state index >= 15 is 0 Å². The maximum atomic E-state index is 11.9. The maximum Gasteiger partial charge on any atom is 0.329 e. The highest BCUT2D eigenvalue weighted by atomic mass is 16.5. The zero-order valence-corrected chi connectivity index (χ0v) is 12.6. The molecule has 0 atom stereocenters. The van der Waals surface area contributed by atoms with Crippen molar-refractivity contribution in [1.29, 1.82) is 0 Å². The standard InChI is InChI=1S/C13H24N2O5/c1-5-19-12(2,3)7-14-11(18)15-8-13(4,9-15)20-6-10(16)17/h5-9H2,1-4H3,(H,14,18)(H,16,17). The molecular weight excluding hydrogens is 264 g/mol. The van der Waals surface area contributed by atoms with Crippen LogP contribution < -0.4 is 5.32 Å². The minimum absolute atomic E-state index is 0.186. The molecule has 2 N–H and O–H groups in total. The average molecular weight is 288 g/mol. The van der Waals surface area contributed by atoms with Gasteiger partial charge in [0.05, 0.1) is 18.7 Å². The third-order valence-corrected chi connectivity index (χ3v) is 3.08. The lowest BCUT2D eigenvalue weighted by atomic mass is 9.97. The molecule has 2 amide bonds. The lowest BCUT2D eigenvalue weighted by Crippen LogP contribution is -2.65. The largest absolute Gasteiger partial charge is 0.480 e. The van der Waals surface area contributed by atoms with E-state index in [-0.39, 0.29) is 12.6 Å². The molecule has 0 unspecified atom stereocenters. The molecule has 1 rings (SSSR count). The van der Waals surface area contributed by atoms with Crippen molar-refractivity contribution in [3.05, 3.63) is 0 Å². The van der Waals surface area contributed by atoms with Crippen molar-refractivity contribution in [2.24, 2.45) is 0 Å². The molecule has 0 aromatic rings. The second-order valence-corrected chi connectivity index (χ2v) is 5.84. The number of nitrogens with one attached hydrogen (secondary N) is 1. The molecule has 1 saturated heterocycles. The van der Waals surface area contributed by atoms with Gasteiger partial charge in [-0.05, 0) is 27.7 Å². The van der Waals surface area contributed by atoms with Crippen molar-refractivity contribution in [3.8, 4) is 0 Å². The van der Waals surface area contributed by atoms with Crippen molar-refractivity contribution in [1.82, 2.24) is 10.2 Å². The molecule has 7 heteroatoms. The molecule has 0 bridgehead atoms. The van der Waals surface area contributed by atoms with Crippen LogP contribution >= 0.6 is 0 Å². The quantitative estimate of drug-likeness (QED) is 0.719. The number of hydrogen-bond donors (Lipinski definition) is 2. The van der Waals surface area contributed by atoms with E-state index < -0.39 is 17.2 Å². The lowest BCUT2D eigenvalue weighted by molar-refractivity contribution is -0.159. The number of urea groups is 1. The van der Waals surface area contributed by atoms with E-state index in [4.69, 9.17) is 14.6 Å². The van der Waals surface area contributed by atoms with Crippen molar-refractivity contribution < 1.29 is 24.2 Å². The summed E-state index contributed by atoms with van der Waals surface area (Å²) >= 11 is 0. The van der Waals surface area contributed by atoms with Crippen LogP contribution in [-0.2, 0) is 14.3 Å². The number of carbonyl (C=O) groups excluding carboxylic acids is 1. The molecule has 0 aromatic heterocycles. The Morgan fingerprint density at radius 2 is 2.00 bits per heavy atom. The van der Waals surface area contributed by atoms with E-state index in [1.54, 1.807) is 11.8 Å². The molecule has 1 fully saturated rings. The molecule has 1 heterocycles. The van der Waals surface area contributed by atoms with Crippen molar-refractivity contribution in [3.63, 3.8) is 0 Å².